The van der Waals surface area contributed by atoms with Crippen molar-refractivity contribution in [2.24, 2.45) is 0 Å². The molecule has 0 saturated carbocycles. The SMILES string of the molecule is Cc1cc(C(=O)O)cc(-c2ccc(C(C)C)cc2)c1. The van der Waals surface area contributed by atoms with Crippen LogP contribution in [0.5, 0.6) is 0 Å². The van der Waals surface area contributed by atoms with Gasteiger partial charge in [-0.05, 0) is 47.2 Å². The van der Waals surface area contributed by atoms with E-state index in [9.17, 15) is 4.79 Å². The smallest absolute Gasteiger partial charge is 0.335 e. The molecule has 0 aliphatic heterocycles. The van der Waals surface area contributed by atoms with Crippen LogP contribution in [0.4, 0.5) is 0 Å². The van der Waals surface area contributed by atoms with Gasteiger partial charge in [0.2, 0.25) is 0 Å². The van der Waals surface area contributed by atoms with Crippen molar-refractivity contribution in [1.82, 2.24) is 0 Å². The summed E-state index contributed by atoms with van der Waals surface area (Å²) in [7, 11) is 0. The Morgan fingerprint density at radius 1 is 1.00 bits per heavy atom. The van der Waals surface area contributed by atoms with Crippen LogP contribution in [0.15, 0.2) is 42.5 Å². The molecule has 0 aliphatic rings. The number of carboxylic acid groups (broad SMARTS) is 1. The zero-order chi connectivity index (χ0) is 14.0. The lowest BCUT2D eigenvalue weighted by Crippen LogP contribution is -1.97. The molecule has 0 aliphatic carbocycles. The zero-order valence-electron chi connectivity index (χ0n) is 11.5. The van der Waals surface area contributed by atoms with Crippen LogP contribution >= 0.6 is 0 Å². The minimum absolute atomic E-state index is 0.336. The molecular formula is C17H18O2. The van der Waals surface area contributed by atoms with Crippen molar-refractivity contribution in [2.45, 2.75) is 26.7 Å². The lowest BCUT2D eigenvalue weighted by Gasteiger charge is -2.08. The van der Waals surface area contributed by atoms with Crippen LogP contribution in [-0.2, 0) is 0 Å². The van der Waals surface area contributed by atoms with Gasteiger partial charge in [-0.3, -0.25) is 0 Å². The van der Waals surface area contributed by atoms with Crippen molar-refractivity contribution in [1.29, 1.82) is 0 Å². The largest absolute Gasteiger partial charge is 0.478 e. The van der Waals surface area contributed by atoms with Crippen LogP contribution in [0.2, 0.25) is 0 Å². The summed E-state index contributed by atoms with van der Waals surface area (Å²) < 4.78 is 0. The van der Waals surface area contributed by atoms with E-state index < -0.39 is 5.97 Å². The third-order valence-electron chi connectivity index (χ3n) is 3.23. The Hall–Kier alpha value is -2.09. The fraction of sp³-hybridized carbons (Fsp3) is 0.235. The van der Waals surface area contributed by atoms with Gasteiger partial charge < -0.3 is 5.11 Å². The van der Waals surface area contributed by atoms with Crippen LogP contribution in [0.3, 0.4) is 0 Å². The molecule has 0 amide bonds. The van der Waals surface area contributed by atoms with Gasteiger partial charge in [-0.1, -0.05) is 44.2 Å². The average Bonchev–Trinajstić information content (AvgIpc) is 2.38. The normalized spacial score (nSPS) is 10.7. The second-order valence-electron chi connectivity index (χ2n) is 5.17. The van der Waals surface area contributed by atoms with Crippen LogP contribution in [0.25, 0.3) is 11.1 Å². The Morgan fingerprint density at radius 2 is 1.63 bits per heavy atom. The first-order valence-corrected chi connectivity index (χ1v) is 6.42. The molecule has 1 N–H and O–H groups in total. The highest BCUT2D eigenvalue weighted by atomic mass is 16.4. The quantitative estimate of drug-likeness (QED) is 0.876. The van der Waals surface area contributed by atoms with Crippen molar-refractivity contribution < 1.29 is 9.90 Å². The fourth-order valence-corrected chi connectivity index (χ4v) is 2.13. The summed E-state index contributed by atoms with van der Waals surface area (Å²) in [5.74, 6) is -0.384. The maximum atomic E-state index is 11.1. The average molecular weight is 254 g/mol. The van der Waals surface area contributed by atoms with Gasteiger partial charge in [0.05, 0.1) is 5.56 Å². The van der Waals surface area contributed by atoms with Crippen LogP contribution < -0.4 is 0 Å². The number of aromatic carboxylic acids is 1. The first kappa shape index (κ1) is 13.3. The molecule has 2 heteroatoms. The monoisotopic (exact) mass is 254 g/mol. The molecule has 0 saturated heterocycles. The second-order valence-corrected chi connectivity index (χ2v) is 5.17. The zero-order valence-corrected chi connectivity index (χ0v) is 11.5. The Morgan fingerprint density at radius 3 is 2.16 bits per heavy atom. The predicted molar refractivity (Wildman–Crippen MR) is 77.7 cm³/mol. The molecule has 0 fully saturated rings. The summed E-state index contributed by atoms with van der Waals surface area (Å²) in [5, 5.41) is 9.10. The van der Waals surface area contributed by atoms with Crippen molar-refractivity contribution in [3.8, 4) is 11.1 Å². The Balaban J connectivity index is 2.43. The maximum absolute atomic E-state index is 11.1. The molecule has 0 heterocycles. The Labute approximate surface area is 113 Å². The number of rotatable bonds is 3. The molecular weight excluding hydrogens is 236 g/mol. The van der Waals surface area contributed by atoms with E-state index >= 15 is 0 Å². The third-order valence-corrected chi connectivity index (χ3v) is 3.23. The summed E-state index contributed by atoms with van der Waals surface area (Å²) in [6.45, 7) is 6.23. The summed E-state index contributed by atoms with van der Waals surface area (Å²) in [6.07, 6.45) is 0. The van der Waals surface area contributed by atoms with Crippen molar-refractivity contribution in [3.63, 3.8) is 0 Å². The van der Waals surface area contributed by atoms with Crippen LogP contribution in [0, 0.1) is 6.92 Å². The number of hydrogen-bond donors (Lipinski definition) is 1. The van der Waals surface area contributed by atoms with E-state index in [1.165, 1.54) is 5.56 Å². The third kappa shape index (κ3) is 3.02. The summed E-state index contributed by atoms with van der Waals surface area (Å²) in [5.41, 5.74) is 4.59. The van der Waals surface area contributed by atoms with Crippen LogP contribution in [-0.4, -0.2) is 11.1 Å². The molecule has 0 atom stereocenters. The topological polar surface area (TPSA) is 37.3 Å². The van der Waals surface area contributed by atoms with E-state index in [1.807, 2.05) is 13.0 Å². The van der Waals surface area contributed by atoms with E-state index in [0.717, 1.165) is 16.7 Å². The number of hydrogen-bond acceptors (Lipinski definition) is 1. The second kappa shape index (κ2) is 5.27. The van der Waals surface area contributed by atoms with E-state index in [1.54, 1.807) is 12.1 Å². The van der Waals surface area contributed by atoms with Gasteiger partial charge in [-0.25, -0.2) is 4.79 Å². The first-order valence-electron chi connectivity index (χ1n) is 6.42. The molecule has 19 heavy (non-hydrogen) atoms. The predicted octanol–water partition coefficient (Wildman–Crippen LogP) is 4.48. The highest BCUT2D eigenvalue weighted by molar-refractivity contribution is 5.89. The molecule has 98 valence electrons. The molecule has 0 spiro atoms. The number of carbonyl (C=O) groups is 1. The minimum atomic E-state index is -0.885. The highest BCUT2D eigenvalue weighted by Crippen LogP contribution is 2.24. The standard InChI is InChI=1S/C17H18O2/c1-11(2)13-4-6-14(7-5-13)15-8-12(3)9-16(10-15)17(18)19/h4-11H,1-3H3,(H,18,19). The van der Waals surface area contributed by atoms with Crippen molar-refractivity contribution >= 4 is 5.97 Å². The molecule has 0 bridgehead atoms. The van der Waals surface area contributed by atoms with E-state index in [4.69, 9.17) is 5.11 Å². The van der Waals surface area contributed by atoms with Gasteiger partial charge in [0, 0.05) is 0 Å². The molecule has 0 radical (unpaired) electrons. The van der Waals surface area contributed by atoms with Gasteiger partial charge >= 0.3 is 5.97 Å². The Kier molecular flexibility index (Phi) is 3.70. The van der Waals surface area contributed by atoms with Gasteiger partial charge in [-0.2, -0.15) is 0 Å². The van der Waals surface area contributed by atoms with Crippen molar-refractivity contribution in [3.05, 3.63) is 59.2 Å². The van der Waals surface area contributed by atoms with E-state index in [-0.39, 0.29) is 0 Å². The maximum Gasteiger partial charge on any atom is 0.335 e. The van der Waals surface area contributed by atoms with Gasteiger partial charge in [0.15, 0.2) is 0 Å². The molecule has 2 rings (SSSR count). The highest BCUT2D eigenvalue weighted by Gasteiger charge is 2.07. The lowest BCUT2D eigenvalue weighted by molar-refractivity contribution is 0.0697. The molecule has 0 unspecified atom stereocenters. The fourth-order valence-electron chi connectivity index (χ4n) is 2.13. The van der Waals surface area contributed by atoms with Gasteiger partial charge in [0.25, 0.3) is 0 Å². The summed E-state index contributed by atoms with van der Waals surface area (Å²) in [4.78, 5) is 11.1. The lowest BCUT2D eigenvalue weighted by atomic mass is 9.96. The molecule has 2 nitrogen and oxygen atoms in total. The summed E-state index contributed by atoms with van der Waals surface area (Å²) >= 11 is 0. The van der Waals surface area contributed by atoms with E-state index in [0.29, 0.717) is 11.5 Å². The number of carboxylic acids is 1. The molecule has 0 aromatic heterocycles. The first-order chi connectivity index (χ1) is 8.97. The number of benzene rings is 2. The van der Waals surface area contributed by atoms with Crippen molar-refractivity contribution in [2.75, 3.05) is 0 Å². The number of aryl methyl sites for hydroxylation is 1. The molecule has 2 aromatic carbocycles. The van der Waals surface area contributed by atoms with Gasteiger partial charge in [0.1, 0.15) is 0 Å². The van der Waals surface area contributed by atoms with Crippen LogP contribution in [0.1, 0.15) is 41.3 Å². The molecule has 2 aromatic rings. The summed E-state index contributed by atoms with van der Waals surface area (Å²) in [6, 6.07) is 13.7. The van der Waals surface area contributed by atoms with E-state index in [2.05, 4.69) is 38.1 Å². The van der Waals surface area contributed by atoms with Gasteiger partial charge in [-0.15, -0.1) is 0 Å². The Bertz CT molecular complexity index is 595. The minimum Gasteiger partial charge on any atom is -0.478 e.